The lowest BCUT2D eigenvalue weighted by Gasteiger charge is -2.29. The van der Waals surface area contributed by atoms with Gasteiger partial charge in [-0.25, -0.2) is 9.78 Å². The van der Waals surface area contributed by atoms with E-state index in [4.69, 9.17) is 17.2 Å². The van der Waals surface area contributed by atoms with Gasteiger partial charge in [-0.3, -0.25) is 19.2 Å². The number of carbonyl (C=O) groups is 5. The van der Waals surface area contributed by atoms with Crippen molar-refractivity contribution < 1.29 is 29.1 Å². The summed E-state index contributed by atoms with van der Waals surface area (Å²) in [6, 6.07) is -5.06. The Morgan fingerprint density at radius 1 is 0.976 bits per heavy atom. The van der Waals surface area contributed by atoms with Crippen molar-refractivity contribution in [1.29, 1.82) is 0 Å². The van der Waals surface area contributed by atoms with Crippen molar-refractivity contribution in [1.82, 2.24) is 30.8 Å². The summed E-state index contributed by atoms with van der Waals surface area (Å²) in [6.07, 6.45) is 6.94. The van der Waals surface area contributed by atoms with Crippen molar-refractivity contribution in [2.45, 2.75) is 88.0 Å². The number of nitrogens with one attached hydrogen (secondary N) is 4. The molecule has 1 aliphatic rings. The maximum atomic E-state index is 13.6. The first-order valence-corrected chi connectivity index (χ1v) is 14.9. The summed E-state index contributed by atoms with van der Waals surface area (Å²) >= 11 is 4.19. The predicted octanol–water partition coefficient (Wildman–Crippen LogP) is -2.00. The van der Waals surface area contributed by atoms with E-state index in [9.17, 15) is 29.1 Å². The highest BCUT2D eigenvalue weighted by Gasteiger charge is 2.38. The molecule has 5 atom stereocenters. The Morgan fingerprint density at radius 3 is 2.19 bits per heavy atom. The summed E-state index contributed by atoms with van der Waals surface area (Å²) in [5, 5.41) is 17.5. The van der Waals surface area contributed by atoms with E-state index in [1.54, 1.807) is 0 Å². The van der Waals surface area contributed by atoms with Crippen LogP contribution in [-0.2, 0) is 30.4 Å². The number of hydrogen-bond acceptors (Lipinski definition) is 10. The van der Waals surface area contributed by atoms with Crippen LogP contribution in [-0.4, -0.2) is 105 Å². The first kappa shape index (κ1) is 35.0. The molecular formula is C26H45N9O6S. The van der Waals surface area contributed by atoms with Gasteiger partial charge in [-0.05, 0) is 58.0 Å². The Hall–Kier alpha value is -3.21. The molecule has 0 aliphatic carbocycles. The molecular weight excluding hydrogens is 566 g/mol. The average Bonchev–Trinajstić information content (AvgIpc) is 3.67. The van der Waals surface area contributed by atoms with E-state index in [1.165, 1.54) is 17.4 Å². The molecule has 11 N–H and O–H groups in total. The summed E-state index contributed by atoms with van der Waals surface area (Å²) in [4.78, 5) is 72.6. The largest absolute Gasteiger partial charge is 0.480 e. The first-order valence-electron chi connectivity index (χ1n) is 14.3. The van der Waals surface area contributed by atoms with Crippen LogP contribution in [0.25, 0.3) is 0 Å². The quantitative estimate of drug-likeness (QED) is 0.0614. The van der Waals surface area contributed by atoms with Crippen LogP contribution < -0.4 is 33.2 Å². The van der Waals surface area contributed by atoms with Crippen LogP contribution in [0.15, 0.2) is 12.5 Å². The zero-order chi connectivity index (χ0) is 31.1. The molecule has 42 heavy (non-hydrogen) atoms. The number of nitrogens with two attached hydrogens (primary N) is 3. The second kappa shape index (κ2) is 18.4. The highest BCUT2D eigenvalue weighted by Crippen LogP contribution is 2.20. The van der Waals surface area contributed by atoms with E-state index >= 15 is 0 Å². The second-order valence-electron chi connectivity index (χ2n) is 10.4. The monoisotopic (exact) mass is 611 g/mol. The molecule has 1 aliphatic heterocycles. The van der Waals surface area contributed by atoms with Crippen LogP contribution >= 0.6 is 12.6 Å². The van der Waals surface area contributed by atoms with Crippen molar-refractivity contribution in [3.8, 4) is 0 Å². The minimum absolute atomic E-state index is 0.00852. The van der Waals surface area contributed by atoms with Gasteiger partial charge < -0.3 is 48.1 Å². The van der Waals surface area contributed by atoms with Gasteiger partial charge in [0.05, 0.1) is 12.4 Å². The predicted molar refractivity (Wildman–Crippen MR) is 158 cm³/mol. The molecule has 0 bridgehead atoms. The highest BCUT2D eigenvalue weighted by molar-refractivity contribution is 7.80. The van der Waals surface area contributed by atoms with Crippen LogP contribution in [0.5, 0.6) is 0 Å². The Balaban J connectivity index is 2.18. The van der Waals surface area contributed by atoms with Gasteiger partial charge in [-0.15, -0.1) is 0 Å². The van der Waals surface area contributed by atoms with Crippen LogP contribution in [0.4, 0.5) is 0 Å². The van der Waals surface area contributed by atoms with Crippen molar-refractivity contribution in [3.63, 3.8) is 0 Å². The Bertz CT molecular complexity index is 1030. The van der Waals surface area contributed by atoms with Gasteiger partial charge in [0.2, 0.25) is 23.6 Å². The van der Waals surface area contributed by atoms with Crippen LogP contribution in [0.1, 0.15) is 57.1 Å². The highest BCUT2D eigenvalue weighted by atomic mass is 32.1. The molecule has 2 heterocycles. The maximum absolute atomic E-state index is 13.6. The molecule has 4 amide bonds. The summed E-state index contributed by atoms with van der Waals surface area (Å²) in [6.45, 7) is 1.14. The van der Waals surface area contributed by atoms with Gasteiger partial charge in [-0.2, -0.15) is 12.6 Å². The van der Waals surface area contributed by atoms with Crippen LogP contribution in [0, 0.1) is 0 Å². The third-order valence-electron chi connectivity index (χ3n) is 7.12. The lowest BCUT2D eigenvalue weighted by Crippen LogP contribution is -2.59. The molecule has 1 aromatic heterocycles. The third kappa shape index (κ3) is 10.9. The van der Waals surface area contributed by atoms with Gasteiger partial charge in [-0.1, -0.05) is 6.42 Å². The topological polar surface area (TPSA) is 252 Å². The van der Waals surface area contributed by atoms with E-state index in [2.05, 4.69) is 38.5 Å². The molecule has 15 nitrogen and oxygen atoms in total. The number of thiol groups is 1. The van der Waals surface area contributed by atoms with Crippen molar-refractivity contribution in [3.05, 3.63) is 18.2 Å². The number of imidazole rings is 1. The van der Waals surface area contributed by atoms with Gasteiger partial charge in [0.15, 0.2) is 0 Å². The fourth-order valence-corrected chi connectivity index (χ4v) is 4.98. The van der Waals surface area contributed by atoms with Gasteiger partial charge >= 0.3 is 5.97 Å². The number of H-pyrrole nitrogens is 1. The molecule has 0 unspecified atom stereocenters. The molecule has 2 rings (SSSR count). The molecule has 0 aromatic carbocycles. The molecule has 0 spiro atoms. The van der Waals surface area contributed by atoms with Crippen molar-refractivity contribution >= 4 is 42.2 Å². The van der Waals surface area contributed by atoms with Gasteiger partial charge in [0, 0.05) is 30.6 Å². The van der Waals surface area contributed by atoms with E-state index in [1.807, 2.05) is 0 Å². The molecule has 1 saturated heterocycles. The lowest BCUT2D eigenvalue weighted by atomic mass is 10.0. The number of aliphatic carboxylic acids is 1. The molecule has 1 fully saturated rings. The Kier molecular flexibility index (Phi) is 15.3. The Morgan fingerprint density at radius 2 is 1.60 bits per heavy atom. The number of nitrogens with zero attached hydrogens (tertiary/aromatic N) is 2. The number of hydrogen-bond donors (Lipinski definition) is 9. The number of aromatic amines is 1. The number of unbranched alkanes of at least 4 members (excludes halogenated alkanes) is 2. The van der Waals surface area contributed by atoms with Crippen LogP contribution in [0.2, 0.25) is 0 Å². The minimum atomic E-state index is -1.16. The molecule has 0 radical (unpaired) electrons. The van der Waals surface area contributed by atoms with Gasteiger partial charge in [0.1, 0.15) is 24.2 Å². The average molecular weight is 612 g/mol. The zero-order valence-electron chi connectivity index (χ0n) is 23.8. The van der Waals surface area contributed by atoms with Crippen molar-refractivity contribution in [2.24, 2.45) is 17.2 Å². The smallest absolute Gasteiger partial charge is 0.326 e. The molecule has 16 heteroatoms. The molecule has 236 valence electrons. The third-order valence-corrected chi connectivity index (χ3v) is 7.48. The van der Waals surface area contributed by atoms with E-state index in [0.29, 0.717) is 63.7 Å². The maximum Gasteiger partial charge on any atom is 0.326 e. The Labute approximate surface area is 250 Å². The zero-order valence-corrected chi connectivity index (χ0v) is 24.7. The van der Waals surface area contributed by atoms with Crippen molar-refractivity contribution in [2.75, 3.05) is 25.4 Å². The number of carboxylic acid groups (broad SMARTS) is 1. The molecule has 0 saturated carbocycles. The summed E-state index contributed by atoms with van der Waals surface area (Å²) < 4.78 is 0. The number of carbonyl (C=O) groups excluding carboxylic acids is 4. The summed E-state index contributed by atoms with van der Waals surface area (Å²) in [5.74, 6) is -3.50. The number of rotatable bonds is 19. The summed E-state index contributed by atoms with van der Waals surface area (Å²) in [5.41, 5.74) is 17.6. The first-order chi connectivity index (χ1) is 20.1. The van der Waals surface area contributed by atoms with E-state index in [0.717, 1.165) is 0 Å². The minimum Gasteiger partial charge on any atom is -0.480 e. The number of aromatic nitrogens is 2. The number of likely N-dealkylation sites (tertiary alicyclic amines) is 1. The van der Waals surface area contributed by atoms with E-state index in [-0.39, 0.29) is 25.1 Å². The SMILES string of the molecule is NCCCC[C@H](NC(=O)[C@H](Cc1cnc[nH]1)NC(=O)[C@H](CS)NC(=O)[C@@H](N)CCCCN)C(=O)N1CCC[C@H]1C(=O)O. The standard InChI is InChI=1S/C26H45N9O6S/c27-9-3-1-6-17(29)22(36)34-20(14-42)24(38)33-19(12-16-13-30-15-31-16)23(37)32-18(7-2-4-10-28)25(39)35-11-5-8-21(35)26(40)41/h13,15,17-21,42H,1-12,14,27-29H2,(H,30,31)(H,32,37)(H,33,38)(H,34,36)(H,40,41)/t17-,18-,19-,20-,21-/m0/s1. The van der Waals surface area contributed by atoms with Gasteiger partial charge in [0.25, 0.3) is 0 Å². The lowest BCUT2D eigenvalue weighted by molar-refractivity contribution is -0.149. The fraction of sp³-hybridized carbons (Fsp3) is 0.692. The molecule has 1 aromatic rings. The second-order valence-corrected chi connectivity index (χ2v) is 10.7. The van der Waals surface area contributed by atoms with E-state index < -0.39 is 59.8 Å². The normalized spacial score (nSPS) is 17.6. The summed E-state index contributed by atoms with van der Waals surface area (Å²) in [7, 11) is 0. The fourth-order valence-electron chi connectivity index (χ4n) is 4.72. The van der Waals surface area contributed by atoms with Crippen LogP contribution in [0.3, 0.4) is 0 Å². The number of carboxylic acids is 1. The number of amides is 4.